The van der Waals surface area contributed by atoms with E-state index in [1.807, 2.05) is 0 Å². The van der Waals surface area contributed by atoms with Gasteiger partial charge in [0.25, 0.3) is 11.8 Å². The largest absolute Gasteiger partial charge is 0.465 e. The molecule has 0 atom stereocenters. The minimum absolute atomic E-state index is 0.202. The number of carbonyl (C=O) groups is 3. The molecule has 23 heavy (non-hydrogen) atoms. The molecule has 0 fully saturated rings. The average Bonchev–Trinajstić information content (AvgIpc) is 2.59. The van der Waals surface area contributed by atoms with Gasteiger partial charge in [-0.2, -0.15) is 0 Å². The Kier molecular flexibility index (Phi) is 5.03. The number of nitrogens with one attached hydrogen (secondary N) is 2. The van der Waals surface area contributed by atoms with Gasteiger partial charge in [0, 0.05) is 11.1 Å². The molecule has 0 radical (unpaired) electrons. The van der Waals surface area contributed by atoms with Crippen LogP contribution in [-0.4, -0.2) is 24.9 Å². The van der Waals surface area contributed by atoms with Gasteiger partial charge in [-0.15, -0.1) is 0 Å². The summed E-state index contributed by atoms with van der Waals surface area (Å²) in [6, 6.07) is 10.6. The predicted molar refractivity (Wildman–Crippen MR) is 79.1 cm³/mol. The van der Waals surface area contributed by atoms with Crippen LogP contribution < -0.4 is 10.9 Å². The van der Waals surface area contributed by atoms with Gasteiger partial charge in [-0.05, 0) is 48.5 Å². The number of hydrogen-bond donors (Lipinski definition) is 2. The Morgan fingerprint density at radius 3 is 1.61 bits per heavy atom. The van der Waals surface area contributed by atoms with Gasteiger partial charge >= 0.3 is 5.97 Å². The van der Waals surface area contributed by atoms with Gasteiger partial charge in [0.2, 0.25) is 0 Å². The molecular formula is C16H13FN2O4. The van der Waals surface area contributed by atoms with E-state index in [4.69, 9.17) is 0 Å². The second-order valence-corrected chi connectivity index (χ2v) is 4.48. The Labute approximate surface area is 131 Å². The topological polar surface area (TPSA) is 84.5 Å². The molecule has 0 aliphatic rings. The third-order valence-electron chi connectivity index (χ3n) is 2.96. The molecule has 6 nitrogen and oxygen atoms in total. The predicted octanol–water partition coefficient (Wildman–Crippen LogP) is 1.69. The van der Waals surface area contributed by atoms with Gasteiger partial charge in [-0.1, -0.05) is 0 Å². The first-order valence-electron chi connectivity index (χ1n) is 6.56. The first-order valence-corrected chi connectivity index (χ1v) is 6.56. The first-order chi connectivity index (χ1) is 11.0. The molecule has 0 saturated carbocycles. The Morgan fingerprint density at radius 2 is 1.17 bits per heavy atom. The molecule has 0 aromatic heterocycles. The summed E-state index contributed by atoms with van der Waals surface area (Å²) in [6.45, 7) is 0. The van der Waals surface area contributed by atoms with Crippen LogP contribution in [0.15, 0.2) is 48.5 Å². The lowest BCUT2D eigenvalue weighted by Gasteiger charge is -2.08. The van der Waals surface area contributed by atoms with Crippen LogP contribution in [0.25, 0.3) is 0 Å². The number of rotatable bonds is 3. The van der Waals surface area contributed by atoms with Crippen molar-refractivity contribution in [3.05, 3.63) is 71.0 Å². The second-order valence-electron chi connectivity index (χ2n) is 4.48. The van der Waals surface area contributed by atoms with Gasteiger partial charge < -0.3 is 4.74 Å². The number of halogens is 1. The maximum Gasteiger partial charge on any atom is 0.337 e. The minimum Gasteiger partial charge on any atom is -0.465 e. The van der Waals surface area contributed by atoms with Crippen LogP contribution in [0.1, 0.15) is 31.1 Å². The van der Waals surface area contributed by atoms with Crippen LogP contribution in [0.4, 0.5) is 4.39 Å². The summed E-state index contributed by atoms with van der Waals surface area (Å²) in [7, 11) is 1.26. The van der Waals surface area contributed by atoms with Crippen molar-refractivity contribution in [3.8, 4) is 0 Å². The average molecular weight is 316 g/mol. The fourth-order valence-electron chi connectivity index (χ4n) is 1.73. The lowest BCUT2D eigenvalue weighted by molar-refractivity contribution is 0.0600. The Balaban J connectivity index is 1.95. The summed E-state index contributed by atoms with van der Waals surface area (Å²) in [5.74, 6) is -2.11. The Bertz CT molecular complexity index is 727. The molecule has 2 rings (SSSR count). The summed E-state index contributed by atoms with van der Waals surface area (Å²) in [5, 5.41) is 0. The van der Waals surface area contributed by atoms with E-state index >= 15 is 0 Å². The van der Waals surface area contributed by atoms with E-state index in [0.717, 1.165) is 12.1 Å². The highest BCUT2D eigenvalue weighted by Gasteiger charge is 2.11. The van der Waals surface area contributed by atoms with Gasteiger partial charge in [-0.3, -0.25) is 20.4 Å². The van der Waals surface area contributed by atoms with Crippen molar-refractivity contribution in [2.75, 3.05) is 7.11 Å². The monoisotopic (exact) mass is 316 g/mol. The van der Waals surface area contributed by atoms with E-state index in [0.29, 0.717) is 5.56 Å². The molecule has 0 spiro atoms. The maximum atomic E-state index is 12.8. The fourth-order valence-corrected chi connectivity index (χ4v) is 1.73. The molecule has 2 aromatic rings. The van der Waals surface area contributed by atoms with Crippen LogP contribution in [0, 0.1) is 5.82 Å². The molecule has 2 aromatic carbocycles. The molecule has 0 bridgehead atoms. The van der Waals surface area contributed by atoms with Gasteiger partial charge in [0.05, 0.1) is 12.7 Å². The highest BCUT2D eigenvalue weighted by atomic mass is 19.1. The molecule has 0 heterocycles. The quantitative estimate of drug-likeness (QED) is 0.666. The van der Waals surface area contributed by atoms with Crippen LogP contribution in [0.2, 0.25) is 0 Å². The summed E-state index contributed by atoms with van der Waals surface area (Å²) < 4.78 is 17.3. The molecule has 0 aliphatic carbocycles. The normalized spacial score (nSPS) is 9.83. The number of carbonyl (C=O) groups excluding carboxylic acids is 3. The Hall–Kier alpha value is -3.22. The number of methoxy groups -OCH3 is 1. The van der Waals surface area contributed by atoms with E-state index in [-0.39, 0.29) is 11.1 Å². The standard InChI is InChI=1S/C16H13FN2O4/c1-23-16(22)12-4-2-10(3-5-12)14(20)18-19-15(21)11-6-8-13(17)9-7-11/h2-9H,1H3,(H,18,20)(H,19,21). The van der Waals surface area contributed by atoms with E-state index < -0.39 is 23.6 Å². The van der Waals surface area contributed by atoms with Crippen LogP contribution >= 0.6 is 0 Å². The number of benzene rings is 2. The van der Waals surface area contributed by atoms with E-state index in [9.17, 15) is 18.8 Å². The molecule has 0 saturated heterocycles. The molecule has 7 heteroatoms. The van der Waals surface area contributed by atoms with E-state index in [2.05, 4.69) is 15.6 Å². The number of amides is 2. The van der Waals surface area contributed by atoms with Crippen molar-refractivity contribution in [1.29, 1.82) is 0 Å². The van der Waals surface area contributed by atoms with Crippen molar-refractivity contribution in [2.24, 2.45) is 0 Å². The third kappa shape index (κ3) is 4.13. The maximum absolute atomic E-state index is 12.8. The van der Waals surface area contributed by atoms with Crippen LogP contribution in [0.5, 0.6) is 0 Å². The zero-order valence-corrected chi connectivity index (χ0v) is 12.1. The summed E-state index contributed by atoms with van der Waals surface area (Å²) in [4.78, 5) is 34.9. The van der Waals surface area contributed by atoms with Crippen molar-refractivity contribution in [3.63, 3.8) is 0 Å². The van der Waals surface area contributed by atoms with Crippen molar-refractivity contribution in [2.45, 2.75) is 0 Å². The molecule has 0 aliphatic heterocycles. The van der Waals surface area contributed by atoms with Crippen LogP contribution in [0.3, 0.4) is 0 Å². The van der Waals surface area contributed by atoms with Crippen molar-refractivity contribution < 1.29 is 23.5 Å². The lowest BCUT2D eigenvalue weighted by atomic mass is 10.1. The lowest BCUT2D eigenvalue weighted by Crippen LogP contribution is -2.41. The minimum atomic E-state index is -0.579. The fraction of sp³-hybridized carbons (Fsp3) is 0.0625. The highest BCUT2D eigenvalue weighted by Crippen LogP contribution is 2.06. The first kappa shape index (κ1) is 16.2. The zero-order valence-electron chi connectivity index (χ0n) is 12.1. The highest BCUT2D eigenvalue weighted by molar-refractivity contribution is 5.99. The smallest absolute Gasteiger partial charge is 0.337 e. The number of esters is 1. The number of hydrazine groups is 1. The van der Waals surface area contributed by atoms with Crippen molar-refractivity contribution in [1.82, 2.24) is 10.9 Å². The van der Waals surface area contributed by atoms with E-state index in [1.165, 1.54) is 43.5 Å². The van der Waals surface area contributed by atoms with Gasteiger partial charge in [0.1, 0.15) is 5.82 Å². The SMILES string of the molecule is COC(=O)c1ccc(C(=O)NNC(=O)c2ccc(F)cc2)cc1. The molecule has 2 amide bonds. The number of hydrogen-bond acceptors (Lipinski definition) is 4. The Morgan fingerprint density at radius 1 is 0.783 bits per heavy atom. The number of ether oxygens (including phenoxy) is 1. The molecule has 0 unspecified atom stereocenters. The molecule has 2 N–H and O–H groups in total. The zero-order chi connectivity index (χ0) is 16.8. The van der Waals surface area contributed by atoms with E-state index in [1.54, 1.807) is 0 Å². The molecular weight excluding hydrogens is 303 g/mol. The third-order valence-corrected chi connectivity index (χ3v) is 2.96. The summed E-state index contributed by atoms with van der Waals surface area (Å²) in [5.41, 5.74) is 5.19. The summed E-state index contributed by atoms with van der Waals surface area (Å²) >= 11 is 0. The second kappa shape index (κ2) is 7.17. The van der Waals surface area contributed by atoms with Gasteiger partial charge in [0.15, 0.2) is 0 Å². The van der Waals surface area contributed by atoms with Crippen molar-refractivity contribution >= 4 is 17.8 Å². The van der Waals surface area contributed by atoms with Gasteiger partial charge in [-0.25, -0.2) is 9.18 Å². The summed E-state index contributed by atoms with van der Waals surface area (Å²) in [6.07, 6.45) is 0. The molecule has 118 valence electrons. The van der Waals surface area contributed by atoms with Crippen LogP contribution in [-0.2, 0) is 4.74 Å².